The minimum absolute atomic E-state index is 0.103. The van der Waals surface area contributed by atoms with Crippen molar-refractivity contribution in [2.75, 3.05) is 10.6 Å². The van der Waals surface area contributed by atoms with Gasteiger partial charge in [-0.2, -0.15) is 0 Å². The molecule has 2 N–H and O–H groups in total. The smallest absolute Gasteiger partial charge is 0.251 e. The average molecular weight is 372 g/mol. The van der Waals surface area contributed by atoms with Crippen molar-refractivity contribution in [3.8, 4) is 0 Å². The van der Waals surface area contributed by atoms with Crippen LogP contribution in [0.2, 0.25) is 10.0 Å². The number of hydrogen-bond acceptors (Lipinski definition) is 2. The van der Waals surface area contributed by atoms with E-state index in [1.165, 1.54) is 0 Å². The van der Waals surface area contributed by atoms with Crippen LogP contribution in [0.1, 0.15) is 11.6 Å². The number of carbonyl (C=O) groups is 1. The van der Waals surface area contributed by atoms with Gasteiger partial charge in [0.2, 0.25) is 0 Å². The SMILES string of the molecule is O=C1Nc2ccc(Br)cc2C1Nc1cc(Cl)cc(Cl)c1. The molecule has 6 heteroatoms. The molecule has 20 heavy (non-hydrogen) atoms. The summed E-state index contributed by atoms with van der Waals surface area (Å²) in [5.41, 5.74) is 2.40. The topological polar surface area (TPSA) is 41.1 Å². The zero-order valence-corrected chi connectivity index (χ0v) is 13.2. The maximum atomic E-state index is 12.1. The van der Waals surface area contributed by atoms with Crippen LogP contribution in [-0.4, -0.2) is 5.91 Å². The van der Waals surface area contributed by atoms with Crippen LogP contribution in [0, 0.1) is 0 Å². The summed E-state index contributed by atoms with van der Waals surface area (Å²) >= 11 is 15.3. The summed E-state index contributed by atoms with van der Waals surface area (Å²) in [7, 11) is 0. The van der Waals surface area contributed by atoms with Crippen LogP contribution in [0.25, 0.3) is 0 Å². The number of halogens is 3. The Balaban J connectivity index is 1.95. The quantitative estimate of drug-likeness (QED) is 0.791. The van der Waals surface area contributed by atoms with E-state index >= 15 is 0 Å². The van der Waals surface area contributed by atoms with Gasteiger partial charge in [0.05, 0.1) is 0 Å². The third-order valence-electron chi connectivity index (χ3n) is 3.02. The lowest BCUT2D eigenvalue weighted by Gasteiger charge is -2.14. The van der Waals surface area contributed by atoms with Crippen molar-refractivity contribution < 1.29 is 4.79 Å². The fraction of sp³-hybridized carbons (Fsp3) is 0.0714. The third-order valence-corrected chi connectivity index (χ3v) is 3.95. The first-order valence-corrected chi connectivity index (χ1v) is 7.41. The van der Waals surface area contributed by atoms with Crippen LogP contribution in [0.15, 0.2) is 40.9 Å². The highest BCUT2D eigenvalue weighted by molar-refractivity contribution is 9.10. The first kappa shape index (κ1) is 13.7. The van der Waals surface area contributed by atoms with Gasteiger partial charge in [-0.3, -0.25) is 4.79 Å². The Morgan fingerprint density at radius 1 is 1.10 bits per heavy atom. The largest absolute Gasteiger partial charge is 0.370 e. The van der Waals surface area contributed by atoms with E-state index in [2.05, 4.69) is 26.6 Å². The molecule has 0 aliphatic carbocycles. The molecule has 1 aliphatic heterocycles. The molecule has 1 amide bonds. The molecule has 0 radical (unpaired) electrons. The van der Waals surface area contributed by atoms with Crippen LogP contribution in [0.3, 0.4) is 0 Å². The molecule has 2 aromatic carbocycles. The lowest BCUT2D eigenvalue weighted by Crippen LogP contribution is -2.19. The molecule has 1 unspecified atom stereocenters. The maximum Gasteiger partial charge on any atom is 0.251 e. The van der Waals surface area contributed by atoms with E-state index in [0.29, 0.717) is 15.7 Å². The Bertz CT molecular complexity index is 685. The van der Waals surface area contributed by atoms with Crippen molar-refractivity contribution in [1.29, 1.82) is 0 Å². The lowest BCUT2D eigenvalue weighted by molar-refractivity contribution is -0.116. The van der Waals surface area contributed by atoms with E-state index < -0.39 is 6.04 Å². The predicted octanol–water partition coefficient (Wildman–Crippen LogP) is 4.86. The van der Waals surface area contributed by atoms with E-state index in [-0.39, 0.29) is 5.91 Å². The molecule has 0 fully saturated rings. The second kappa shape index (κ2) is 5.28. The molecule has 1 aliphatic rings. The van der Waals surface area contributed by atoms with E-state index in [0.717, 1.165) is 15.7 Å². The number of nitrogens with one attached hydrogen (secondary N) is 2. The molecular formula is C14H9BrCl2N2O. The zero-order chi connectivity index (χ0) is 14.3. The monoisotopic (exact) mass is 370 g/mol. The minimum Gasteiger partial charge on any atom is -0.370 e. The summed E-state index contributed by atoms with van der Waals surface area (Å²) in [4.78, 5) is 12.1. The van der Waals surface area contributed by atoms with Gasteiger partial charge in [0, 0.05) is 31.5 Å². The van der Waals surface area contributed by atoms with Crippen molar-refractivity contribution >= 4 is 56.4 Å². The van der Waals surface area contributed by atoms with Crippen molar-refractivity contribution in [3.05, 3.63) is 56.5 Å². The second-order valence-corrected chi connectivity index (χ2v) is 6.24. The average Bonchev–Trinajstić information content (AvgIpc) is 2.65. The standard InChI is InChI=1S/C14H9BrCl2N2O/c15-7-1-2-12-11(3-7)13(14(20)19-12)18-10-5-8(16)4-9(17)6-10/h1-6,13,18H,(H,19,20). The van der Waals surface area contributed by atoms with Crippen LogP contribution in [-0.2, 0) is 4.79 Å². The third kappa shape index (κ3) is 2.64. The van der Waals surface area contributed by atoms with Crippen molar-refractivity contribution in [2.45, 2.75) is 6.04 Å². The predicted molar refractivity (Wildman–Crippen MR) is 85.6 cm³/mol. The van der Waals surface area contributed by atoms with Gasteiger partial charge < -0.3 is 10.6 Å². The van der Waals surface area contributed by atoms with Gasteiger partial charge in [-0.25, -0.2) is 0 Å². The number of benzene rings is 2. The van der Waals surface area contributed by atoms with Crippen LogP contribution in [0.4, 0.5) is 11.4 Å². The van der Waals surface area contributed by atoms with Crippen molar-refractivity contribution in [2.24, 2.45) is 0 Å². The molecule has 1 atom stereocenters. The van der Waals surface area contributed by atoms with Crippen LogP contribution >= 0.6 is 39.1 Å². The van der Waals surface area contributed by atoms with Crippen LogP contribution in [0.5, 0.6) is 0 Å². The molecule has 1 heterocycles. The van der Waals surface area contributed by atoms with Gasteiger partial charge in [0.15, 0.2) is 0 Å². The molecule has 0 saturated carbocycles. The van der Waals surface area contributed by atoms with E-state index in [1.54, 1.807) is 18.2 Å². The highest BCUT2D eigenvalue weighted by Gasteiger charge is 2.30. The van der Waals surface area contributed by atoms with Gasteiger partial charge in [-0.1, -0.05) is 39.1 Å². The lowest BCUT2D eigenvalue weighted by atomic mass is 10.1. The van der Waals surface area contributed by atoms with Gasteiger partial charge in [-0.15, -0.1) is 0 Å². The number of rotatable bonds is 2. The first-order chi connectivity index (χ1) is 9.52. The Morgan fingerprint density at radius 3 is 2.50 bits per heavy atom. The Morgan fingerprint density at radius 2 is 1.80 bits per heavy atom. The fourth-order valence-corrected chi connectivity index (χ4v) is 3.08. The number of carbonyl (C=O) groups excluding carboxylic acids is 1. The zero-order valence-electron chi connectivity index (χ0n) is 10.1. The number of anilines is 2. The Kier molecular flexibility index (Phi) is 3.63. The molecule has 102 valence electrons. The van der Waals surface area contributed by atoms with Crippen molar-refractivity contribution in [1.82, 2.24) is 0 Å². The Labute approximate surface area is 134 Å². The molecule has 2 aromatic rings. The summed E-state index contributed by atoms with van der Waals surface area (Å²) < 4.78 is 0.920. The molecule has 0 bridgehead atoms. The molecule has 0 saturated heterocycles. The number of fused-ring (bicyclic) bond motifs is 1. The molecule has 3 rings (SSSR count). The van der Waals surface area contributed by atoms with Gasteiger partial charge in [-0.05, 0) is 36.4 Å². The van der Waals surface area contributed by atoms with E-state index in [9.17, 15) is 4.79 Å². The summed E-state index contributed by atoms with van der Waals surface area (Å²) in [6, 6.07) is 10.3. The number of hydrogen-bond donors (Lipinski definition) is 2. The summed E-state index contributed by atoms with van der Waals surface area (Å²) in [5, 5.41) is 7.03. The van der Waals surface area contributed by atoms with Gasteiger partial charge >= 0.3 is 0 Å². The summed E-state index contributed by atoms with van der Waals surface area (Å²) in [5.74, 6) is -0.103. The minimum atomic E-state index is -0.461. The summed E-state index contributed by atoms with van der Waals surface area (Å²) in [6.07, 6.45) is 0. The maximum absolute atomic E-state index is 12.1. The molecule has 0 spiro atoms. The van der Waals surface area contributed by atoms with Crippen LogP contribution < -0.4 is 10.6 Å². The molecular weight excluding hydrogens is 363 g/mol. The number of amides is 1. The Hall–Kier alpha value is -1.23. The molecule has 0 aromatic heterocycles. The van der Waals surface area contributed by atoms with Crippen molar-refractivity contribution in [3.63, 3.8) is 0 Å². The van der Waals surface area contributed by atoms with E-state index in [4.69, 9.17) is 23.2 Å². The normalized spacial score (nSPS) is 16.8. The fourth-order valence-electron chi connectivity index (χ4n) is 2.18. The highest BCUT2D eigenvalue weighted by Crippen LogP contribution is 2.36. The van der Waals surface area contributed by atoms with Gasteiger partial charge in [0.1, 0.15) is 6.04 Å². The highest BCUT2D eigenvalue weighted by atomic mass is 79.9. The second-order valence-electron chi connectivity index (χ2n) is 4.46. The van der Waals surface area contributed by atoms with Gasteiger partial charge in [0.25, 0.3) is 5.91 Å². The molecule has 3 nitrogen and oxygen atoms in total. The summed E-state index contributed by atoms with van der Waals surface area (Å²) in [6.45, 7) is 0. The van der Waals surface area contributed by atoms with E-state index in [1.807, 2.05) is 18.2 Å². The first-order valence-electron chi connectivity index (χ1n) is 5.86.